The zero-order chi connectivity index (χ0) is 19.7. The van der Waals surface area contributed by atoms with Crippen LogP contribution < -0.4 is 9.62 Å². The molecule has 0 radical (unpaired) electrons. The first kappa shape index (κ1) is 19.7. The van der Waals surface area contributed by atoms with E-state index in [2.05, 4.69) is 9.62 Å². The molecule has 2 aromatic rings. The fourth-order valence-corrected chi connectivity index (χ4v) is 4.29. The number of hydrogen-bond donors (Lipinski definition) is 1. The number of halogens is 3. The molecule has 0 aromatic heterocycles. The third-order valence-corrected chi connectivity index (χ3v) is 6.11. The molecule has 1 aliphatic heterocycles. The molecule has 3 rings (SSSR count). The quantitative estimate of drug-likeness (QED) is 0.825. The van der Waals surface area contributed by atoms with Gasteiger partial charge in [0.1, 0.15) is 0 Å². The van der Waals surface area contributed by atoms with E-state index in [0.29, 0.717) is 6.07 Å². The lowest BCUT2D eigenvalue weighted by atomic mass is 10.1. The molecule has 0 aliphatic carbocycles. The third kappa shape index (κ3) is 4.44. The number of nitrogens with one attached hydrogen (secondary N) is 1. The highest BCUT2D eigenvalue weighted by Gasteiger charge is 2.33. The largest absolute Gasteiger partial charge is 0.416 e. The Morgan fingerprint density at radius 3 is 2.41 bits per heavy atom. The maximum absolute atomic E-state index is 13.1. The number of benzene rings is 2. The minimum atomic E-state index is -4.60. The average molecular weight is 398 g/mol. The highest BCUT2D eigenvalue weighted by atomic mass is 32.2. The van der Waals surface area contributed by atoms with E-state index in [0.717, 1.165) is 37.2 Å². The molecule has 0 spiro atoms. The van der Waals surface area contributed by atoms with E-state index in [-0.39, 0.29) is 17.0 Å². The van der Waals surface area contributed by atoms with Crippen LogP contribution in [0.5, 0.6) is 0 Å². The van der Waals surface area contributed by atoms with Crippen LogP contribution in [-0.2, 0) is 22.7 Å². The van der Waals surface area contributed by atoms with Gasteiger partial charge in [-0.15, -0.1) is 0 Å². The highest BCUT2D eigenvalue weighted by molar-refractivity contribution is 7.89. The summed E-state index contributed by atoms with van der Waals surface area (Å²) in [7, 11) is -4.07. The first-order chi connectivity index (χ1) is 12.7. The summed E-state index contributed by atoms with van der Waals surface area (Å²) in [5.41, 5.74) is 0.799. The van der Waals surface area contributed by atoms with E-state index in [9.17, 15) is 21.6 Å². The first-order valence-corrected chi connectivity index (χ1v) is 10.2. The molecule has 1 fully saturated rings. The minimum Gasteiger partial charge on any atom is -0.371 e. The SMILES string of the molecule is Cc1ccc(S(=O)(=O)NCc2ccccc2N2CCCC2)cc1C(F)(F)F. The smallest absolute Gasteiger partial charge is 0.371 e. The van der Waals surface area contributed by atoms with Crippen LogP contribution >= 0.6 is 0 Å². The number of anilines is 1. The van der Waals surface area contributed by atoms with Gasteiger partial charge in [-0.3, -0.25) is 0 Å². The van der Waals surface area contributed by atoms with Crippen molar-refractivity contribution in [2.24, 2.45) is 0 Å². The summed E-state index contributed by atoms with van der Waals surface area (Å²) < 4.78 is 66.7. The third-order valence-electron chi connectivity index (χ3n) is 4.72. The molecule has 1 N–H and O–H groups in total. The number of nitrogens with zero attached hydrogens (tertiary/aromatic N) is 1. The van der Waals surface area contributed by atoms with Gasteiger partial charge >= 0.3 is 6.18 Å². The molecule has 1 heterocycles. The topological polar surface area (TPSA) is 49.4 Å². The number of rotatable bonds is 5. The van der Waals surface area contributed by atoms with Gasteiger partial charge in [-0.25, -0.2) is 13.1 Å². The Morgan fingerprint density at radius 2 is 1.74 bits per heavy atom. The van der Waals surface area contributed by atoms with Crippen LogP contribution in [0.25, 0.3) is 0 Å². The summed E-state index contributed by atoms with van der Waals surface area (Å²) in [5.74, 6) is 0. The van der Waals surface area contributed by atoms with E-state index < -0.39 is 21.8 Å². The molecule has 27 heavy (non-hydrogen) atoms. The minimum absolute atomic E-state index is 0.0131. The van der Waals surface area contributed by atoms with E-state index in [1.54, 1.807) is 0 Å². The summed E-state index contributed by atoms with van der Waals surface area (Å²) in [6, 6.07) is 10.5. The molecular formula is C19H21F3N2O2S. The molecule has 2 aromatic carbocycles. The molecule has 1 saturated heterocycles. The summed E-state index contributed by atoms with van der Waals surface area (Å²) in [6.07, 6.45) is -2.43. The lowest BCUT2D eigenvalue weighted by molar-refractivity contribution is -0.138. The van der Waals surface area contributed by atoms with Gasteiger partial charge in [0.2, 0.25) is 10.0 Å². The average Bonchev–Trinajstić information content (AvgIpc) is 3.14. The van der Waals surface area contributed by atoms with Crippen LogP contribution in [0.2, 0.25) is 0 Å². The molecule has 1 aliphatic rings. The Bertz CT molecular complexity index is 921. The number of hydrogen-bond acceptors (Lipinski definition) is 3. The Balaban J connectivity index is 1.82. The van der Waals surface area contributed by atoms with Gasteiger partial charge in [-0.1, -0.05) is 24.3 Å². The van der Waals surface area contributed by atoms with Gasteiger partial charge in [-0.2, -0.15) is 13.2 Å². The van der Waals surface area contributed by atoms with Crippen molar-refractivity contribution in [3.05, 3.63) is 59.2 Å². The lowest BCUT2D eigenvalue weighted by Crippen LogP contribution is -2.26. The monoisotopic (exact) mass is 398 g/mol. The predicted octanol–water partition coefficient (Wildman–Crippen LogP) is 4.09. The normalized spacial score (nSPS) is 15.3. The Kier molecular flexibility index (Phi) is 5.48. The van der Waals surface area contributed by atoms with Crippen molar-refractivity contribution in [2.45, 2.75) is 37.4 Å². The predicted molar refractivity (Wildman–Crippen MR) is 98.1 cm³/mol. The van der Waals surface area contributed by atoms with E-state index in [1.165, 1.54) is 19.1 Å². The van der Waals surface area contributed by atoms with Gasteiger partial charge in [-0.05, 0) is 49.1 Å². The van der Waals surface area contributed by atoms with Crippen molar-refractivity contribution >= 4 is 15.7 Å². The Morgan fingerprint density at radius 1 is 1.07 bits per heavy atom. The fraction of sp³-hybridized carbons (Fsp3) is 0.368. The lowest BCUT2D eigenvalue weighted by Gasteiger charge is -2.21. The molecule has 0 saturated carbocycles. The van der Waals surface area contributed by atoms with Crippen molar-refractivity contribution in [3.63, 3.8) is 0 Å². The van der Waals surface area contributed by atoms with E-state index in [1.807, 2.05) is 24.3 Å². The van der Waals surface area contributed by atoms with Crippen molar-refractivity contribution in [1.82, 2.24) is 4.72 Å². The number of sulfonamides is 1. The number of aryl methyl sites for hydroxylation is 1. The second-order valence-corrected chi connectivity index (χ2v) is 8.39. The maximum atomic E-state index is 13.1. The van der Waals surface area contributed by atoms with Gasteiger partial charge in [0.15, 0.2) is 0 Å². The molecule has 0 atom stereocenters. The highest BCUT2D eigenvalue weighted by Crippen LogP contribution is 2.33. The summed E-state index contributed by atoms with van der Waals surface area (Å²) >= 11 is 0. The van der Waals surface area contributed by atoms with Crippen molar-refractivity contribution in [1.29, 1.82) is 0 Å². The molecular weight excluding hydrogens is 377 g/mol. The van der Waals surface area contributed by atoms with Crippen LogP contribution in [0.15, 0.2) is 47.4 Å². The second kappa shape index (κ2) is 7.52. The van der Waals surface area contributed by atoms with Gasteiger partial charge < -0.3 is 4.90 Å². The molecule has 0 bridgehead atoms. The summed E-state index contributed by atoms with van der Waals surface area (Å²) in [4.78, 5) is 1.80. The number of alkyl halides is 3. The van der Waals surface area contributed by atoms with Crippen molar-refractivity contribution in [2.75, 3.05) is 18.0 Å². The fourth-order valence-electron chi connectivity index (χ4n) is 3.26. The van der Waals surface area contributed by atoms with Crippen LogP contribution in [0.3, 0.4) is 0 Å². The Labute approximate surface area is 157 Å². The molecule has 0 amide bonds. The summed E-state index contributed by atoms with van der Waals surface area (Å²) in [5, 5.41) is 0. The van der Waals surface area contributed by atoms with Crippen LogP contribution in [0.4, 0.5) is 18.9 Å². The van der Waals surface area contributed by atoms with Crippen LogP contribution in [0.1, 0.15) is 29.5 Å². The zero-order valence-electron chi connectivity index (χ0n) is 14.9. The second-order valence-electron chi connectivity index (χ2n) is 6.62. The van der Waals surface area contributed by atoms with E-state index in [4.69, 9.17) is 0 Å². The van der Waals surface area contributed by atoms with Crippen molar-refractivity contribution in [3.8, 4) is 0 Å². The molecule has 0 unspecified atom stereocenters. The van der Waals surface area contributed by atoms with Gasteiger partial charge in [0, 0.05) is 25.3 Å². The molecule has 8 heteroatoms. The Hall–Kier alpha value is -2.06. The van der Waals surface area contributed by atoms with Crippen LogP contribution in [-0.4, -0.2) is 21.5 Å². The van der Waals surface area contributed by atoms with Crippen molar-refractivity contribution < 1.29 is 21.6 Å². The first-order valence-electron chi connectivity index (χ1n) is 8.69. The van der Waals surface area contributed by atoms with Gasteiger partial charge in [0.05, 0.1) is 10.5 Å². The van der Waals surface area contributed by atoms with E-state index >= 15 is 0 Å². The molecule has 146 valence electrons. The van der Waals surface area contributed by atoms with Gasteiger partial charge in [0.25, 0.3) is 0 Å². The molecule has 4 nitrogen and oxygen atoms in total. The maximum Gasteiger partial charge on any atom is 0.416 e. The zero-order valence-corrected chi connectivity index (χ0v) is 15.7. The summed E-state index contributed by atoms with van der Waals surface area (Å²) in [6.45, 7) is 3.15. The standard InChI is InChI=1S/C19H21F3N2O2S/c1-14-8-9-16(12-17(14)19(20,21)22)27(25,26)23-13-15-6-2-3-7-18(15)24-10-4-5-11-24/h2-3,6-9,12,23H,4-5,10-11,13H2,1H3. The number of para-hydroxylation sites is 1. The van der Waals surface area contributed by atoms with Crippen LogP contribution in [0, 0.1) is 6.92 Å².